The Morgan fingerprint density at radius 3 is 2.32 bits per heavy atom. The normalized spacial score (nSPS) is 15.1. The highest BCUT2D eigenvalue weighted by Crippen LogP contribution is 2.33. The largest absolute Gasteiger partial charge is 0.416 e. The molecule has 172 valence electrons. The van der Waals surface area contributed by atoms with Crippen LogP contribution in [-0.4, -0.2) is 27.6 Å². The zero-order chi connectivity index (χ0) is 24.3. The molecule has 4 nitrogen and oxygen atoms in total. The topological polar surface area (TPSA) is 49.4 Å². The van der Waals surface area contributed by atoms with Gasteiger partial charge in [-0.05, 0) is 41.0 Å². The molecule has 1 N–H and O–H groups in total. The Kier molecular flexibility index (Phi) is 6.85. The maximum Gasteiger partial charge on any atom is 0.416 e. The van der Waals surface area contributed by atoms with E-state index in [4.69, 9.17) is 12.2 Å². The van der Waals surface area contributed by atoms with Gasteiger partial charge >= 0.3 is 6.18 Å². The van der Waals surface area contributed by atoms with E-state index in [1.54, 1.807) is 6.08 Å². The molecule has 0 unspecified atom stereocenters. The van der Waals surface area contributed by atoms with E-state index in [1.165, 1.54) is 12.1 Å². The van der Waals surface area contributed by atoms with Crippen LogP contribution in [0.2, 0.25) is 0 Å². The maximum atomic E-state index is 12.9. The number of carbonyl (C=O) groups excluding carboxylic acids is 2. The maximum absolute atomic E-state index is 12.9. The zero-order valence-electron chi connectivity index (χ0n) is 17.5. The summed E-state index contributed by atoms with van der Waals surface area (Å²) in [6.45, 7) is -0.398. The summed E-state index contributed by atoms with van der Waals surface area (Å²) >= 11 is 6.32. The first kappa shape index (κ1) is 23.7. The third-order valence-corrected chi connectivity index (χ3v) is 6.34. The lowest BCUT2D eigenvalue weighted by Crippen LogP contribution is -2.36. The second-order valence-electron chi connectivity index (χ2n) is 7.38. The molecular formula is C25H17F3N2O2S2. The lowest BCUT2D eigenvalue weighted by Gasteiger charge is -2.15. The molecule has 1 heterocycles. The number of hydrogen-bond donors (Lipinski definition) is 1. The molecular weight excluding hydrogens is 481 g/mol. The fraction of sp³-hybridized carbons (Fsp3) is 0.0800. The van der Waals surface area contributed by atoms with Crippen molar-refractivity contribution in [3.8, 4) is 11.1 Å². The summed E-state index contributed by atoms with van der Waals surface area (Å²) in [6.07, 6.45) is -2.83. The van der Waals surface area contributed by atoms with E-state index in [0.29, 0.717) is 4.91 Å². The molecule has 2 amide bonds. The Morgan fingerprint density at radius 1 is 0.971 bits per heavy atom. The summed E-state index contributed by atoms with van der Waals surface area (Å²) in [6, 6.07) is 21.8. The lowest BCUT2D eigenvalue weighted by molar-refractivity contribution is -0.137. The van der Waals surface area contributed by atoms with Crippen LogP contribution in [0.4, 0.5) is 18.9 Å². The Morgan fingerprint density at radius 2 is 1.65 bits per heavy atom. The third kappa shape index (κ3) is 5.55. The van der Waals surface area contributed by atoms with Gasteiger partial charge in [-0.3, -0.25) is 14.5 Å². The minimum atomic E-state index is -4.52. The quantitative estimate of drug-likeness (QED) is 0.336. The molecule has 0 saturated carbocycles. The number of nitrogens with one attached hydrogen (secondary N) is 1. The summed E-state index contributed by atoms with van der Waals surface area (Å²) in [5.41, 5.74) is 2.02. The molecule has 1 saturated heterocycles. The van der Waals surface area contributed by atoms with Gasteiger partial charge in [-0.15, -0.1) is 0 Å². The monoisotopic (exact) mass is 498 g/mol. The van der Waals surface area contributed by atoms with Gasteiger partial charge in [-0.1, -0.05) is 84.6 Å². The molecule has 0 radical (unpaired) electrons. The average Bonchev–Trinajstić information content (AvgIpc) is 3.07. The number of halogens is 3. The van der Waals surface area contributed by atoms with Gasteiger partial charge in [0.05, 0.1) is 10.5 Å². The van der Waals surface area contributed by atoms with Crippen LogP contribution >= 0.6 is 24.0 Å². The molecule has 9 heteroatoms. The highest BCUT2D eigenvalue weighted by atomic mass is 32.2. The van der Waals surface area contributed by atoms with Gasteiger partial charge in [0.1, 0.15) is 10.9 Å². The Balaban J connectivity index is 1.42. The number of alkyl halides is 3. The van der Waals surface area contributed by atoms with Gasteiger partial charge < -0.3 is 5.32 Å². The van der Waals surface area contributed by atoms with E-state index in [9.17, 15) is 22.8 Å². The number of thiocarbonyl (C=S) groups is 1. The van der Waals surface area contributed by atoms with E-state index in [0.717, 1.165) is 45.5 Å². The third-order valence-electron chi connectivity index (χ3n) is 4.96. The summed E-state index contributed by atoms with van der Waals surface area (Å²) < 4.78 is 38.8. The Bertz CT molecular complexity index is 1270. The minimum Gasteiger partial charge on any atom is -0.325 e. The van der Waals surface area contributed by atoms with Crippen molar-refractivity contribution in [2.45, 2.75) is 6.18 Å². The smallest absolute Gasteiger partial charge is 0.325 e. The number of amides is 2. The van der Waals surface area contributed by atoms with Gasteiger partial charge in [-0.25, -0.2) is 0 Å². The zero-order valence-corrected chi connectivity index (χ0v) is 19.1. The summed E-state index contributed by atoms with van der Waals surface area (Å²) in [5.74, 6) is -1.08. The van der Waals surface area contributed by atoms with E-state index >= 15 is 0 Å². The van der Waals surface area contributed by atoms with Crippen molar-refractivity contribution in [3.63, 3.8) is 0 Å². The standard InChI is InChI=1S/C25H17F3N2O2S2/c26-25(27,28)19-7-4-8-20(14-19)29-22(31)15-30-23(32)21(34-24(30)33)13-16-9-11-18(12-10-16)17-5-2-1-3-6-17/h1-14H,15H2,(H,29,31)/b21-13-. The molecule has 0 atom stereocenters. The molecule has 0 aliphatic carbocycles. The van der Waals surface area contributed by atoms with Crippen LogP contribution in [0.25, 0.3) is 17.2 Å². The highest BCUT2D eigenvalue weighted by Gasteiger charge is 2.34. The number of hydrogen-bond acceptors (Lipinski definition) is 4. The lowest BCUT2D eigenvalue weighted by atomic mass is 10.0. The second-order valence-corrected chi connectivity index (χ2v) is 9.06. The predicted octanol–water partition coefficient (Wildman–Crippen LogP) is 6.21. The molecule has 0 aromatic heterocycles. The first-order chi connectivity index (χ1) is 16.2. The van der Waals surface area contributed by atoms with Gasteiger partial charge in [0, 0.05) is 5.69 Å². The average molecular weight is 499 g/mol. The molecule has 0 bridgehead atoms. The molecule has 0 spiro atoms. The Hall–Kier alpha value is -3.43. The van der Waals surface area contributed by atoms with E-state index in [-0.39, 0.29) is 10.0 Å². The van der Waals surface area contributed by atoms with Gasteiger partial charge in [0.15, 0.2) is 0 Å². The first-order valence-corrected chi connectivity index (χ1v) is 11.3. The second kappa shape index (κ2) is 9.82. The summed E-state index contributed by atoms with van der Waals surface area (Å²) in [7, 11) is 0. The molecule has 4 rings (SSSR count). The number of thioether (sulfide) groups is 1. The van der Waals surface area contributed by atoms with E-state index in [1.807, 2.05) is 54.6 Å². The van der Waals surface area contributed by atoms with Crippen LogP contribution in [0.15, 0.2) is 83.8 Å². The van der Waals surface area contributed by atoms with Crippen LogP contribution in [0, 0.1) is 0 Å². The summed E-state index contributed by atoms with van der Waals surface area (Å²) in [4.78, 5) is 26.7. The van der Waals surface area contributed by atoms with Crippen molar-refractivity contribution in [1.29, 1.82) is 0 Å². The van der Waals surface area contributed by atoms with Crippen LogP contribution in [-0.2, 0) is 15.8 Å². The highest BCUT2D eigenvalue weighted by molar-refractivity contribution is 8.26. The van der Waals surface area contributed by atoms with Crippen LogP contribution in [0.1, 0.15) is 11.1 Å². The number of nitrogens with zero attached hydrogens (tertiary/aromatic N) is 1. The van der Waals surface area contributed by atoms with Crippen molar-refractivity contribution in [2.24, 2.45) is 0 Å². The number of carbonyl (C=O) groups is 2. The van der Waals surface area contributed by atoms with Crippen molar-refractivity contribution >= 4 is 51.9 Å². The van der Waals surface area contributed by atoms with E-state index in [2.05, 4.69) is 5.32 Å². The number of rotatable bonds is 5. The predicted molar refractivity (Wildman–Crippen MR) is 132 cm³/mol. The van der Waals surface area contributed by atoms with Crippen molar-refractivity contribution in [3.05, 3.63) is 94.9 Å². The Labute approximate surface area is 203 Å². The fourth-order valence-electron chi connectivity index (χ4n) is 3.31. The number of benzene rings is 3. The van der Waals surface area contributed by atoms with Gasteiger partial charge in [0.2, 0.25) is 5.91 Å². The number of anilines is 1. The van der Waals surface area contributed by atoms with Crippen LogP contribution < -0.4 is 5.32 Å². The molecule has 34 heavy (non-hydrogen) atoms. The molecule has 1 aliphatic heterocycles. The van der Waals surface area contributed by atoms with Gasteiger partial charge in [0.25, 0.3) is 5.91 Å². The van der Waals surface area contributed by atoms with E-state index < -0.39 is 30.1 Å². The molecule has 3 aromatic carbocycles. The molecule has 3 aromatic rings. The van der Waals surface area contributed by atoms with Crippen molar-refractivity contribution in [1.82, 2.24) is 4.90 Å². The molecule has 1 fully saturated rings. The van der Waals surface area contributed by atoms with Crippen LogP contribution in [0.3, 0.4) is 0 Å². The SMILES string of the molecule is O=C(CN1C(=O)/C(=C/c2ccc(-c3ccccc3)cc2)SC1=S)Nc1cccc(C(F)(F)F)c1. The first-order valence-electron chi connectivity index (χ1n) is 10.1. The van der Waals surface area contributed by atoms with Crippen molar-refractivity contribution < 1.29 is 22.8 Å². The van der Waals surface area contributed by atoms with Crippen LogP contribution in [0.5, 0.6) is 0 Å². The fourth-order valence-corrected chi connectivity index (χ4v) is 4.56. The molecule has 1 aliphatic rings. The van der Waals surface area contributed by atoms with Gasteiger partial charge in [-0.2, -0.15) is 13.2 Å². The summed E-state index contributed by atoms with van der Waals surface area (Å²) in [5, 5.41) is 2.39. The van der Waals surface area contributed by atoms with Crippen molar-refractivity contribution in [2.75, 3.05) is 11.9 Å². The minimum absolute atomic E-state index is 0.0145.